The van der Waals surface area contributed by atoms with Gasteiger partial charge in [0.15, 0.2) is 0 Å². The number of carbonyl (C=O) groups excluding carboxylic acids is 1. The fraction of sp³-hybridized carbons (Fsp3) is 0.158. The van der Waals surface area contributed by atoms with Crippen molar-refractivity contribution in [2.24, 2.45) is 0 Å². The van der Waals surface area contributed by atoms with Crippen molar-refractivity contribution in [1.82, 2.24) is 9.78 Å². The van der Waals surface area contributed by atoms with Crippen molar-refractivity contribution in [3.8, 4) is 0 Å². The van der Waals surface area contributed by atoms with Crippen molar-refractivity contribution < 1.29 is 14.1 Å². The Balaban J connectivity index is 1.75. The Hall–Kier alpha value is -3.75. The number of nitro groups is 1. The number of halogens is 1. The van der Waals surface area contributed by atoms with Gasteiger partial charge in [-0.2, -0.15) is 5.10 Å². The van der Waals surface area contributed by atoms with Crippen LogP contribution in [0, 0.1) is 29.8 Å². The maximum absolute atomic E-state index is 13.9. The van der Waals surface area contributed by atoms with Crippen LogP contribution >= 0.6 is 0 Å². The van der Waals surface area contributed by atoms with Crippen molar-refractivity contribution >= 4 is 23.1 Å². The molecule has 1 heterocycles. The first kappa shape index (κ1) is 19.0. The minimum atomic E-state index is -0.558. The van der Waals surface area contributed by atoms with Crippen LogP contribution < -0.4 is 10.6 Å². The number of hydrogen-bond donors (Lipinski definition) is 2. The van der Waals surface area contributed by atoms with Gasteiger partial charge in [-0.05, 0) is 26.0 Å². The third kappa shape index (κ3) is 4.14. The lowest BCUT2D eigenvalue weighted by molar-refractivity contribution is -0.384. The average molecular weight is 383 g/mol. The number of nitrogens with zero attached hydrogens (tertiary/aromatic N) is 3. The van der Waals surface area contributed by atoms with Crippen LogP contribution in [0.5, 0.6) is 0 Å². The smallest absolute Gasteiger partial charge is 0.307 e. The molecule has 3 aromatic rings. The minimum Gasteiger partial charge on any atom is -0.307 e. The van der Waals surface area contributed by atoms with Gasteiger partial charge in [0.25, 0.3) is 5.69 Å². The van der Waals surface area contributed by atoms with Crippen molar-refractivity contribution in [3.05, 3.63) is 81.4 Å². The maximum Gasteiger partial charge on any atom is 0.323 e. The molecular formula is C19H18FN5O3. The molecule has 144 valence electrons. The van der Waals surface area contributed by atoms with E-state index in [9.17, 15) is 19.3 Å². The Bertz CT molecular complexity index is 1050. The van der Waals surface area contributed by atoms with Gasteiger partial charge in [0.1, 0.15) is 5.82 Å². The number of urea groups is 1. The van der Waals surface area contributed by atoms with E-state index >= 15 is 0 Å². The molecular weight excluding hydrogens is 365 g/mol. The van der Waals surface area contributed by atoms with Crippen LogP contribution in [0.15, 0.2) is 48.5 Å². The van der Waals surface area contributed by atoms with Gasteiger partial charge in [0.2, 0.25) is 0 Å². The third-order valence-electron chi connectivity index (χ3n) is 4.21. The summed E-state index contributed by atoms with van der Waals surface area (Å²) in [6.07, 6.45) is 0. The zero-order chi connectivity index (χ0) is 20.3. The number of nitrogens with one attached hydrogen (secondary N) is 2. The Kier molecular flexibility index (Phi) is 5.35. The number of aryl methyl sites for hydroxylation is 1. The molecule has 1 aromatic heterocycles. The van der Waals surface area contributed by atoms with Crippen LogP contribution in [-0.4, -0.2) is 20.7 Å². The first-order chi connectivity index (χ1) is 13.3. The summed E-state index contributed by atoms with van der Waals surface area (Å²) in [6, 6.07) is 11.5. The highest BCUT2D eigenvalue weighted by atomic mass is 19.1. The number of rotatable bonds is 5. The topological polar surface area (TPSA) is 102 Å². The van der Waals surface area contributed by atoms with E-state index in [-0.39, 0.29) is 18.0 Å². The van der Waals surface area contributed by atoms with Crippen molar-refractivity contribution in [1.29, 1.82) is 0 Å². The van der Waals surface area contributed by atoms with E-state index in [1.54, 1.807) is 42.8 Å². The molecule has 0 aliphatic rings. The Morgan fingerprint density at radius 2 is 1.93 bits per heavy atom. The number of aromatic nitrogens is 2. The highest BCUT2D eigenvalue weighted by molar-refractivity contribution is 6.00. The lowest BCUT2D eigenvalue weighted by Gasteiger charge is -2.09. The number of hydrogen-bond acceptors (Lipinski definition) is 4. The highest BCUT2D eigenvalue weighted by Crippen LogP contribution is 2.22. The molecule has 0 spiro atoms. The Labute approximate surface area is 160 Å². The largest absolute Gasteiger partial charge is 0.323 e. The molecule has 9 heteroatoms. The summed E-state index contributed by atoms with van der Waals surface area (Å²) in [5, 5.41) is 20.5. The second-order valence-corrected chi connectivity index (χ2v) is 6.18. The van der Waals surface area contributed by atoms with E-state index < -0.39 is 11.0 Å². The summed E-state index contributed by atoms with van der Waals surface area (Å²) in [7, 11) is 0. The van der Waals surface area contributed by atoms with Gasteiger partial charge in [0.05, 0.1) is 28.5 Å². The van der Waals surface area contributed by atoms with E-state index in [1.807, 2.05) is 0 Å². The van der Waals surface area contributed by atoms with Crippen molar-refractivity contribution in [2.45, 2.75) is 20.4 Å². The zero-order valence-corrected chi connectivity index (χ0v) is 15.3. The molecule has 8 nitrogen and oxygen atoms in total. The molecule has 2 aromatic carbocycles. The van der Waals surface area contributed by atoms with E-state index in [1.165, 1.54) is 24.3 Å². The second-order valence-electron chi connectivity index (χ2n) is 6.18. The van der Waals surface area contributed by atoms with Crippen LogP contribution in [0.4, 0.5) is 26.2 Å². The van der Waals surface area contributed by atoms with Gasteiger partial charge in [-0.1, -0.05) is 24.3 Å². The Morgan fingerprint density at radius 1 is 1.18 bits per heavy atom. The van der Waals surface area contributed by atoms with Crippen LogP contribution in [0.1, 0.15) is 17.0 Å². The maximum atomic E-state index is 13.9. The lowest BCUT2D eigenvalue weighted by Crippen LogP contribution is -2.20. The quantitative estimate of drug-likeness (QED) is 0.508. The molecule has 2 N–H and O–H groups in total. The molecule has 0 fully saturated rings. The number of nitro benzene ring substituents is 1. The second kappa shape index (κ2) is 7.87. The van der Waals surface area contributed by atoms with Gasteiger partial charge in [-0.15, -0.1) is 0 Å². The average Bonchev–Trinajstić information content (AvgIpc) is 2.91. The van der Waals surface area contributed by atoms with E-state index in [0.29, 0.717) is 28.3 Å². The summed E-state index contributed by atoms with van der Waals surface area (Å²) in [5.41, 5.74) is 2.39. The summed E-state index contributed by atoms with van der Waals surface area (Å²) in [4.78, 5) is 22.6. The first-order valence-electron chi connectivity index (χ1n) is 8.45. The Morgan fingerprint density at radius 3 is 2.64 bits per heavy atom. The number of anilines is 2. The predicted molar refractivity (Wildman–Crippen MR) is 103 cm³/mol. The fourth-order valence-corrected chi connectivity index (χ4v) is 2.79. The molecule has 0 saturated heterocycles. The first-order valence-corrected chi connectivity index (χ1v) is 8.45. The van der Waals surface area contributed by atoms with Crippen LogP contribution in [0.2, 0.25) is 0 Å². The summed E-state index contributed by atoms with van der Waals surface area (Å²) < 4.78 is 15.5. The molecule has 3 rings (SSSR count). The summed E-state index contributed by atoms with van der Waals surface area (Å²) >= 11 is 0. The third-order valence-corrected chi connectivity index (χ3v) is 4.21. The minimum absolute atomic E-state index is 0.122. The van der Waals surface area contributed by atoms with E-state index in [4.69, 9.17) is 0 Å². The molecule has 0 saturated carbocycles. The lowest BCUT2D eigenvalue weighted by atomic mass is 10.2. The molecule has 0 radical (unpaired) electrons. The number of carbonyl (C=O) groups is 1. The van der Waals surface area contributed by atoms with Crippen LogP contribution in [0.25, 0.3) is 0 Å². The van der Waals surface area contributed by atoms with Crippen LogP contribution in [0.3, 0.4) is 0 Å². The van der Waals surface area contributed by atoms with Gasteiger partial charge in [0, 0.05) is 23.4 Å². The zero-order valence-electron chi connectivity index (χ0n) is 15.3. The van der Waals surface area contributed by atoms with Gasteiger partial charge in [-0.25, -0.2) is 9.18 Å². The molecule has 0 aliphatic heterocycles. The SMILES string of the molecule is Cc1nn(Cc2ccccc2F)c(C)c1NC(=O)Nc1cccc([N+](=O)[O-])c1. The van der Waals surface area contributed by atoms with E-state index in [2.05, 4.69) is 15.7 Å². The van der Waals surface area contributed by atoms with Crippen molar-refractivity contribution in [2.75, 3.05) is 10.6 Å². The molecule has 0 bridgehead atoms. The molecule has 2 amide bonds. The molecule has 0 atom stereocenters. The standard InChI is InChI=1S/C19H18FN5O3/c1-12-18(13(2)24(23-12)11-14-6-3-4-9-17(14)20)22-19(26)21-15-7-5-8-16(10-15)25(27)28/h3-10H,11H2,1-2H3,(H2,21,22,26). The number of amides is 2. The molecule has 0 aliphatic carbocycles. The normalized spacial score (nSPS) is 10.5. The van der Waals surface area contributed by atoms with Crippen molar-refractivity contribution in [3.63, 3.8) is 0 Å². The molecule has 28 heavy (non-hydrogen) atoms. The number of benzene rings is 2. The fourth-order valence-electron chi connectivity index (χ4n) is 2.79. The van der Waals surface area contributed by atoms with Gasteiger partial charge >= 0.3 is 6.03 Å². The number of non-ortho nitro benzene ring substituents is 1. The highest BCUT2D eigenvalue weighted by Gasteiger charge is 2.16. The molecule has 0 unspecified atom stereocenters. The summed E-state index contributed by atoms with van der Waals surface area (Å²) in [6.45, 7) is 3.73. The van der Waals surface area contributed by atoms with E-state index in [0.717, 1.165) is 0 Å². The predicted octanol–water partition coefficient (Wildman–Crippen LogP) is 4.24. The summed E-state index contributed by atoms with van der Waals surface area (Å²) in [5.74, 6) is -0.326. The van der Waals surface area contributed by atoms with Gasteiger partial charge < -0.3 is 10.6 Å². The monoisotopic (exact) mass is 383 g/mol. The van der Waals surface area contributed by atoms with Gasteiger partial charge in [-0.3, -0.25) is 14.8 Å². The van der Waals surface area contributed by atoms with Crippen LogP contribution in [-0.2, 0) is 6.54 Å².